The van der Waals surface area contributed by atoms with Crippen LogP contribution in [0.25, 0.3) is 0 Å². The third-order valence-corrected chi connectivity index (χ3v) is 4.08. The van der Waals surface area contributed by atoms with Crippen LogP contribution in [0.1, 0.15) is 38.8 Å². The Hall–Kier alpha value is -0.930. The fourth-order valence-electron chi connectivity index (χ4n) is 2.25. The maximum Gasteiger partial charge on any atom is 0.121 e. The van der Waals surface area contributed by atoms with E-state index in [1.807, 2.05) is 39.0 Å². The highest BCUT2D eigenvalue weighted by Gasteiger charge is 2.50. The molecule has 2 N–H and O–H groups in total. The summed E-state index contributed by atoms with van der Waals surface area (Å²) >= 11 is 5.32. The highest BCUT2D eigenvalue weighted by atomic mass is 32.1. The van der Waals surface area contributed by atoms with Gasteiger partial charge in [0.2, 0.25) is 0 Å². The van der Waals surface area contributed by atoms with Gasteiger partial charge >= 0.3 is 0 Å². The van der Waals surface area contributed by atoms with Gasteiger partial charge in [-0.05, 0) is 11.0 Å². The van der Waals surface area contributed by atoms with Gasteiger partial charge in [0.05, 0.1) is 6.04 Å². The fraction of sp³-hybridized carbons (Fsp3) is 0.500. The second-order valence-corrected chi connectivity index (χ2v) is 6.16. The Bertz CT molecular complexity index is 424. The van der Waals surface area contributed by atoms with E-state index in [-0.39, 0.29) is 11.5 Å². The van der Waals surface area contributed by atoms with Gasteiger partial charge in [0, 0.05) is 6.42 Å². The quantitative estimate of drug-likeness (QED) is 0.751. The predicted octanol–water partition coefficient (Wildman–Crippen LogP) is 2.83. The van der Waals surface area contributed by atoms with Crippen molar-refractivity contribution in [2.24, 2.45) is 5.41 Å². The highest BCUT2D eigenvalue weighted by Crippen LogP contribution is 2.42. The lowest BCUT2D eigenvalue weighted by Gasteiger charge is -2.36. The van der Waals surface area contributed by atoms with Crippen LogP contribution in [0.2, 0.25) is 0 Å². The Balaban J connectivity index is 2.27. The molecule has 1 saturated heterocycles. The lowest BCUT2D eigenvalue weighted by atomic mass is 9.74. The molecule has 0 spiro atoms. The van der Waals surface area contributed by atoms with Gasteiger partial charge in [-0.15, -0.1) is 0 Å². The lowest BCUT2D eigenvalue weighted by molar-refractivity contribution is 0.00604. The summed E-state index contributed by atoms with van der Waals surface area (Å²) in [4.78, 5) is 0.568. The third-order valence-electron chi connectivity index (χ3n) is 3.62. The molecule has 3 heteroatoms. The van der Waals surface area contributed by atoms with Crippen molar-refractivity contribution in [2.75, 3.05) is 0 Å². The number of benzene rings is 1. The van der Waals surface area contributed by atoms with E-state index in [2.05, 4.69) is 17.4 Å². The Labute approximate surface area is 108 Å². The van der Waals surface area contributed by atoms with Crippen molar-refractivity contribution in [3.05, 3.63) is 35.9 Å². The molecule has 0 aromatic heterocycles. The lowest BCUT2D eigenvalue weighted by Crippen LogP contribution is -2.47. The minimum atomic E-state index is -0.914. The van der Waals surface area contributed by atoms with Crippen molar-refractivity contribution in [3.63, 3.8) is 0 Å². The molecular formula is C14H19NOS. The first-order valence-corrected chi connectivity index (χ1v) is 6.34. The van der Waals surface area contributed by atoms with E-state index in [1.165, 1.54) is 5.56 Å². The molecule has 2 nitrogen and oxygen atoms in total. The van der Waals surface area contributed by atoms with Crippen LogP contribution in [-0.2, 0) is 0 Å². The number of thiocarbonyl (C=S) groups is 1. The van der Waals surface area contributed by atoms with Crippen LogP contribution in [0.5, 0.6) is 0 Å². The van der Waals surface area contributed by atoms with E-state index in [9.17, 15) is 5.11 Å². The van der Waals surface area contributed by atoms with Crippen LogP contribution in [0, 0.1) is 5.41 Å². The van der Waals surface area contributed by atoms with Crippen LogP contribution >= 0.6 is 12.2 Å². The first-order chi connectivity index (χ1) is 7.84. The highest BCUT2D eigenvalue weighted by molar-refractivity contribution is 7.80. The zero-order valence-electron chi connectivity index (χ0n) is 10.5. The molecule has 0 bridgehead atoms. The molecule has 1 fully saturated rings. The Kier molecular flexibility index (Phi) is 3.00. The standard InChI is InChI=1S/C14H19NOS/c1-13(2,3)14(16)9-11(15-12(14)17)10-7-5-4-6-8-10/h4-8,11,16H,9H2,1-3H3,(H,15,17). The average molecular weight is 249 g/mol. The maximum absolute atomic E-state index is 10.7. The molecule has 2 rings (SSSR count). The van der Waals surface area contributed by atoms with E-state index < -0.39 is 5.60 Å². The van der Waals surface area contributed by atoms with Gasteiger partial charge in [-0.25, -0.2) is 0 Å². The SMILES string of the molecule is CC(C)(C)C1(O)CC(c2ccccc2)NC1=S. The van der Waals surface area contributed by atoms with E-state index in [1.54, 1.807) is 0 Å². The topological polar surface area (TPSA) is 32.3 Å². The van der Waals surface area contributed by atoms with Crippen molar-refractivity contribution >= 4 is 17.2 Å². The minimum absolute atomic E-state index is 0.118. The second-order valence-electron chi connectivity index (χ2n) is 5.75. The van der Waals surface area contributed by atoms with Gasteiger partial charge in [-0.1, -0.05) is 63.3 Å². The van der Waals surface area contributed by atoms with Crippen LogP contribution in [0.3, 0.4) is 0 Å². The maximum atomic E-state index is 10.7. The first-order valence-electron chi connectivity index (χ1n) is 5.93. The summed E-state index contributed by atoms with van der Waals surface area (Å²) in [7, 11) is 0. The summed E-state index contributed by atoms with van der Waals surface area (Å²) in [6.07, 6.45) is 0.638. The molecule has 1 heterocycles. The monoisotopic (exact) mass is 249 g/mol. The van der Waals surface area contributed by atoms with Crippen molar-refractivity contribution < 1.29 is 5.11 Å². The summed E-state index contributed by atoms with van der Waals surface area (Å²) in [5.74, 6) is 0. The van der Waals surface area contributed by atoms with Crippen molar-refractivity contribution in [2.45, 2.75) is 38.8 Å². The van der Waals surface area contributed by atoms with Gasteiger partial charge in [0.1, 0.15) is 10.6 Å². The molecule has 0 aliphatic carbocycles. The van der Waals surface area contributed by atoms with Crippen LogP contribution in [-0.4, -0.2) is 15.7 Å². The average Bonchev–Trinajstić information content (AvgIpc) is 2.57. The van der Waals surface area contributed by atoms with Crippen LogP contribution in [0.15, 0.2) is 30.3 Å². The van der Waals surface area contributed by atoms with Gasteiger partial charge in [-0.3, -0.25) is 0 Å². The first kappa shape index (κ1) is 12.5. The van der Waals surface area contributed by atoms with E-state index in [0.29, 0.717) is 11.4 Å². The van der Waals surface area contributed by atoms with E-state index in [4.69, 9.17) is 12.2 Å². The Morgan fingerprint density at radius 2 is 1.88 bits per heavy atom. The molecule has 92 valence electrons. The zero-order chi connectivity index (χ0) is 12.7. The van der Waals surface area contributed by atoms with Gasteiger partial charge < -0.3 is 10.4 Å². The summed E-state index contributed by atoms with van der Waals surface area (Å²) in [5.41, 5.74) is 0.0127. The molecule has 0 amide bonds. The number of aliphatic hydroxyl groups is 1. The molecule has 2 atom stereocenters. The molecule has 1 aromatic carbocycles. The van der Waals surface area contributed by atoms with E-state index >= 15 is 0 Å². The summed E-state index contributed by atoms with van der Waals surface area (Å²) in [6, 6.07) is 10.3. The summed E-state index contributed by atoms with van der Waals surface area (Å²) in [5, 5.41) is 14.0. The number of rotatable bonds is 1. The van der Waals surface area contributed by atoms with Crippen LogP contribution in [0.4, 0.5) is 0 Å². The largest absolute Gasteiger partial charge is 0.382 e. The van der Waals surface area contributed by atoms with Crippen molar-refractivity contribution in [1.29, 1.82) is 0 Å². The van der Waals surface area contributed by atoms with Gasteiger partial charge in [0.25, 0.3) is 0 Å². The molecule has 0 radical (unpaired) electrons. The Morgan fingerprint density at radius 3 is 2.35 bits per heavy atom. The van der Waals surface area contributed by atoms with E-state index in [0.717, 1.165) is 0 Å². The summed E-state index contributed by atoms with van der Waals surface area (Å²) < 4.78 is 0. The number of nitrogens with one attached hydrogen (secondary N) is 1. The molecule has 1 aromatic rings. The molecular weight excluding hydrogens is 230 g/mol. The minimum Gasteiger partial charge on any atom is -0.382 e. The number of hydrogen-bond acceptors (Lipinski definition) is 2. The summed E-state index contributed by atoms with van der Waals surface area (Å²) in [6.45, 7) is 6.07. The zero-order valence-corrected chi connectivity index (χ0v) is 11.3. The molecule has 1 aliphatic rings. The molecule has 0 saturated carbocycles. The number of hydrogen-bond donors (Lipinski definition) is 2. The third kappa shape index (κ3) is 2.09. The second kappa shape index (κ2) is 4.07. The fourth-order valence-corrected chi connectivity index (χ4v) is 2.78. The smallest absolute Gasteiger partial charge is 0.121 e. The molecule has 17 heavy (non-hydrogen) atoms. The van der Waals surface area contributed by atoms with Gasteiger partial charge in [-0.2, -0.15) is 0 Å². The normalized spacial score (nSPS) is 29.2. The van der Waals surface area contributed by atoms with Crippen LogP contribution < -0.4 is 5.32 Å². The van der Waals surface area contributed by atoms with Gasteiger partial charge in [0.15, 0.2) is 0 Å². The molecule has 2 unspecified atom stereocenters. The van der Waals surface area contributed by atoms with Crippen molar-refractivity contribution in [1.82, 2.24) is 5.32 Å². The Morgan fingerprint density at radius 1 is 1.29 bits per heavy atom. The molecule has 1 aliphatic heterocycles. The predicted molar refractivity (Wildman–Crippen MR) is 73.9 cm³/mol. The van der Waals surface area contributed by atoms with Crippen molar-refractivity contribution in [3.8, 4) is 0 Å².